The maximum Gasteiger partial charge on any atom is 0.247 e. The van der Waals surface area contributed by atoms with E-state index in [2.05, 4.69) is 15.6 Å². The molecule has 1 aliphatic rings. The number of carbonyl (C=O) groups excluding carboxylic acids is 2. The molecule has 2 N–H and O–H groups in total. The van der Waals surface area contributed by atoms with E-state index in [9.17, 15) is 9.59 Å². The van der Waals surface area contributed by atoms with Gasteiger partial charge >= 0.3 is 0 Å². The van der Waals surface area contributed by atoms with Crippen LogP contribution in [0.4, 0.5) is 5.69 Å². The number of hydrogen-bond donors (Lipinski definition) is 2. The number of benzene rings is 1. The molecule has 0 saturated carbocycles. The molecular weight excluding hydrogens is 286 g/mol. The molecule has 1 aromatic heterocycles. The maximum absolute atomic E-state index is 12.3. The highest BCUT2D eigenvalue weighted by molar-refractivity contribution is 7.99. The van der Waals surface area contributed by atoms with Crippen LogP contribution in [-0.4, -0.2) is 34.3 Å². The number of nitrogens with one attached hydrogen (secondary N) is 2. The molecule has 2 aromatic rings. The second-order valence-corrected chi connectivity index (χ2v) is 5.96. The van der Waals surface area contributed by atoms with Gasteiger partial charge in [-0.05, 0) is 12.1 Å². The zero-order valence-corrected chi connectivity index (χ0v) is 12.2. The number of amides is 2. The van der Waals surface area contributed by atoms with Crippen molar-refractivity contribution in [2.45, 2.75) is 12.5 Å². The van der Waals surface area contributed by atoms with Gasteiger partial charge in [0.15, 0.2) is 0 Å². The topological polar surface area (TPSA) is 71.1 Å². The molecule has 0 spiro atoms. The van der Waals surface area contributed by atoms with E-state index >= 15 is 0 Å². The Hall–Kier alpha value is -2.08. The second kappa shape index (κ2) is 6.13. The van der Waals surface area contributed by atoms with Gasteiger partial charge in [0.1, 0.15) is 6.04 Å². The lowest BCUT2D eigenvalue weighted by atomic mass is 10.2. The fourth-order valence-electron chi connectivity index (χ4n) is 2.24. The van der Waals surface area contributed by atoms with Crippen molar-refractivity contribution in [2.75, 3.05) is 16.8 Å². The lowest BCUT2D eigenvalue weighted by Crippen LogP contribution is -2.44. The van der Waals surface area contributed by atoms with Crippen molar-refractivity contribution < 1.29 is 9.59 Å². The molecule has 5 nitrogen and oxygen atoms in total. The molecule has 0 unspecified atom stereocenters. The van der Waals surface area contributed by atoms with E-state index < -0.39 is 6.04 Å². The predicted octanol–water partition coefficient (Wildman–Crippen LogP) is 1.79. The highest BCUT2D eigenvalue weighted by Crippen LogP contribution is 2.21. The average molecular weight is 301 g/mol. The van der Waals surface area contributed by atoms with Gasteiger partial charge in [-0.2, -0.15) is 11.8 Å². The minimum atomic E-state index is -0.496. The Morgan fingerprint density at radius 3 is 3.10 bits per heavy atom. The number of pyridine rings is 1. The van der Waals surface area contributed by atoms with Crippen LogP contribution in [0.2, 0.25) is 0 Å². The third-order valence-electron chi connectivity index (χ3n) is 3.30. The highest BCUT2D eigenvalue weighted by Gasteiger charge is 2.23. The highest BCUT2D eigenvalue weighted by atomic mass is 32.2. The summed E-state index contributed by atoms with van der Waals surface area (Å²) in [5.41, 5.74) is 1.42. The van der Waals surface area contributed by atoms with E-state index in [4.69, 9.17) is 0 Å². The first kappa shape index (κ1) is 13.9. The van der Waals surface area contributed by atoms with Gasteiger partial charge in [-0.1, -0.05) is 18.2 Å². The maximum atomic E-state index is 12.3. The molecule has 0 radical (unpaired) electrons. The third-order valence-corrected chi connectivity index (χ3v) is 4.36. The summed E-state index contributed by atoms with van der Waals surface area (Å²) in [6.07, 6.45) is 2.16. The summed E-state index contributed by atoms with van der Waals surface area (Å²) in [7, 11) is 0. The van der Waals surface area contributed by atoms with Gasteiger partial charge < -0.3 is 10.6 Å². The van der Waals surface area contributed by atoms with Gasteiger partial charge in [-0.15, -0.1) is 0 Å². The molecule has 21 heavy (non-hydrogen) atoms. The molecule has 1 atom stereocenters. The molecule has 0 bridgehead atoms. The van der Waals surface area contributed by atoms with E-state index in [1.54, 1.807) is 18.0 Å². The van der Waals surface area contributed by atoms with Gasteiger partial charge in [0.2, 0.25) is 11.8 Å². The molecule has 6 heteroatoms. The lowest BCUT2D eigenvalue weighted by Gasteiger charge is -2.16. The number of para-hydroxylation sites is 1. The van der Waals surface area contributed by atoms with Crippen molar-refractivity contribution in [3.63, 3.8) is 0 Å². The van der Waals surface area contributed by atoms with Crippen LogP contribution >= 0.6 is 11.8 Å². The van der Waals surface area contributed by atoms with Gasteiger partial charge in [-0.3, -0.25) is 14.6 Å². The fourth-order valence-corrected chi connectivity index (χ4v) is 3.21. The number of anilines is 1. The Morgan fingerprint density at radius 1 is 1.33 bits per heavy atom. The first-order chi connectivity index (χ1) is 10.2. The van der Waals surface area contributed by atoms with Crippen LogP contribution < -0.4 is 10.6 Å². The molecule has 1 aromatic carbocycles. The smallest absolute Gasteiger partial charge is 0.247 e. The van der Waals surface area contributed by atoms with Crippen molar-refractivity contribution in [2.24, 2.45) is 0 Å². The number of nitrogens with zero attached hydrogens (tertiary/aromatic N) is 1. The van der Waals surface area contributed by atoms with Gasteiger partial charge in [0, 0.05) is 29.5 Å². The van der Waals surface area contributed by atoms with Crippen LogP contribution in [0.15, 0.2) is 36.5 Å². The molecule has 2 amide bonds. The number of hydrogen-bond acceptors (Lipinski definition) is 4. The Balaban J connectivity index is 1.81. The number of carbonyl (C=O) groups is 2. The molecule has 3 rings (SSSR count). The molecule has 1 saturated heterocycles. The standard InChI is InChI=1S/C15H15N3O2S/c19-13-6-8-21-9-12(17-13)15(20)18-11-5-1-3-10-4-2-7-16-14(10)11/h1-5,7,12H,6,8-9H2,(H,17,19)(H,18,20)/t12-/m1/s1. The van der Waals surface area contributed by atoms with Crippen molar-refractivity contribution in [1.82, 2.24) is 10.3 Å². The number of rotatable bonds is 2. The van der Waals surface area contributed by atoms with Crippen LogP contribution in [-0.2, 0) is 9.59 Å². The average Bonchev–Trinajstić information content (AvgIpc) is 2.72. The second-order valence-electron chi connectivity index (χ2n) is 4.81. The Bertz CT molecular complexity index is 684. The van der Waals surface area contributed by atoms with Gasteiger partial charge in [-0.25, -0.2) is 0 Å². The minimum absolute atomic E-state index is 0.0730. The van der Waals surface area contributed by atoms with Crippen molar-refractivity contribution >= 4 is 40.2 Å². The van der Waals surface area contributed by atoms with Crippen LogP contribution in [0, 0.1) is 0 Å². The predicted molar refractivity (Wildman–Crippen MR) is 84.2 cm³/mol. The van der Waals surface area contributed by atoms with Gasteiger partial charge in [0.25, 0.3) is 0 Å². The monoisotopic (exact) mass is 301 g/mol. The Kier molecular flexibility index (Phi) is 4.06. The van der Waals surface area contributed by atoms with E-state index in [1.807, 2.05) is 30.3 Å². The molecule has 1 aliphatic heterocycles. The normalized spacial score (nSPS) is 18.9. The number of fused-ring (bicyclic) bond motifs is 1. The zero-order chi connectivity index (χ0) is 14.7. The first-order valence-corrected chi connectivity index (χ1v) is 7.91. The van der Waals surface area contributed by atoms with E-state index in [0.29, 0.717) is 17.9 Å². The third kappa shape index (κ3) is 3.16. The first-order valence-electron chi connectivity index (χ1n) is 6.76. The number of thioether (sulfide) groups is 1. The molecule has 0 aliphatic carbocycles. The Morgan fingerprint density at radius 2 is 2.19 bits per heavy atom. The van der Waals surface area contributed by atoms with Crippen molar-refractivity contribution in [1.29, 1.82) is 0 Å². The van der Waals surface area contributed by atoms with Crippen LogP contribution in [0.25, 0.3) is 10.9 Å². The Labute approximate surface area is 126 Å². The van der Waals surface area contributed by atoms with Crippen LogP contribution in [0.5, 0.6) is 0 Å². The van der Waals surface area contributed by atoms with E-state index in [0.717, 1.165) is 16.7 Å². The molecule has 1 fully saturated rings. The molecule has 2 heterocycles. The summed E-state index contributed by atoms with van der Waals surface area (Å²) in [5, 5.41) is 6.60. The van der Waals surface area contributed by atoms with E-state index in [-0.39, 0.29) is 11.8 Å². The summed E-state index contributed by atoms with van der Waals surface area (Å²) >= 11 is 1.61. The van der Waals surface area contributed by atoms with Gasteiger partial charge in [0.05, 0.1) is 11.2 Å². The summed E-state index contributed by atoms with van der Waals surface area (Å²) in [6.45, 7) is 0. The number of aromatic nitrogens is 1. The zero-order valence-electron chi connectivity index (χ0n) is 11.3. The molecular formula is C15H15N3O2S. The SMILES string of the molecule is O=C1CCSC[C@H](C(=O)Nc2cccc3cccnc23)N1. The summed E-state index contributed by atoms with van der Waals surface area (Å²) < 4.78 is 0. The molecule has 108 valence electrons. The van der Waals surface area contributed by atoms with Crippen LogP contribution in [0.3, 0.4) is 0 Å². The summed E-state index contributed by atoms with van der Waals surface area (Å²) in [4.78, 5) is 28.2. The minimum Gasteiger partial charge on any atom is -0.343 e. The summed E-state index contributed by atoms with van der Waals surface area (Å²) in [6, 6.07) is 8.95. The quantitative estimate of drug-likeness (QED) is 0.887. The van der Waals surface area contributed by atoms with E-state index in [1.165, 1.54) is 0 Å². The van der Waals surface area contributed by atoms with Crippen molar-refractivity contribution in [3.8, 4) is 0 Å². The fraction of sp³-hybridized carbons (Fsp3) is 0.267. The van der Waals surface area contributed by atoms with Crippen molar-refractivity contribution in [3.05, 3.63) is 36.5 Å². The lowest BCUT2D eigenvalue weighted by molar-refractivity contribution is -0.125. The van der Waals surface area contributed by atoms with Crippen LogP contribution in [0.1, 0.15) is 6.42 Å². The summed E-state index contributed by atoms with van der Waals surface area (Å²) in [5.74, 6) is 1.08. The largest absolute Gasteiger partial charge is 0.343 e.